The van der Waals surface area contributed by atoms with E-state index in [1.807, 2.05) is 32.1 Å². The van der Waals surface area contributed by atoms with E-state index in [2.05, 4.69) is 68.7 Å². The van der Waals surface area contributed by atoms with Crippen LogP contribution in [0.15, 0.2) is 91.1 Å². The first-order chi connectivity index (χ1) is 9.69. The quantitative estimate of drug-likeness (QED) is 0.601. The molecule has 0 unspecified atom stereocenters. The molecule has 1 aliphatic rings. The van der Waals surface area contributed by atoms with Gasteiger partial charge in [0.25, 0.3) is 0 Å². The molecule has 0 spiro atoms. The van der Waals surface area contributed by atoms with E-state index in [1.54, 1.807) is 0 Å². The highest BCUT2D eigenvalue weighted by Crippen LogP contribution is 2.31. The Morgan fingerprint density at radius 1 is 0.857 bits per heavy atom. The summed E-state index contributed by atoms with van der Waals surface area (Å²) in [5.41, 5.74) is 3.42. The van der Waals surface area contributed by atoms with Crippen molar-refractivity contribution >= 4 is 0 Å². The van der Waals surface area contributed by atoms with Gasteiger partial charge in [0.05, 0.1) is 0 Å². The minimum Gasteiger partial charge on any atom is -0.0984 e. The minimum absolute atomic E-state index is 0. The molecule has 1 aromatic carbocycles. The van der Waals surface area contributed by atoms with Crippen LogP contribution in [0.4, 0.5) is 0 Å². The Hall–Kier alpha value is -2.08. The largest absolute Gasteiger partial charge is 0.0984 e. The Morgan fingerprint density at radius 2 is 1.29 bits per heavy atom. The van der Waals surface area contributed by atoms with Crippen LogP contribution in [0.3, 0.4) is 0 Å². The Kier molecular flexibility index (Phi) is 8.08. The third-order valence-corrected chi connectivity index (χ3v) is 3.39. The Morgan fingerprint density at radius 3 is 1.67 bits per heavy atom. The van der Waals surface area contributed by atoms with Crippen LogP contribution < -0.4 is 0 Å². The van der Waals surface area contributed by atoms with Crippen molar-refractivity contribution in [3.63, 3.8) is 0 Å². The van der Waals surface area contributed by atoms with E-state index in [-0.39, 0.29) is 12.8 Å². The fourth-order valence-electron chi connectivity index (χ4n) is 2.14. The lowest BCUT2D eigenvalue weighted by molar-refractivity contribution is 0.758. The van der Waals surface area contributed by atoms with E-state index < -0.39 is 0 Å². The summed E-state index contributed by atoms with van der Waals surface area (Å²) >= 11 is 0. The number of benzene rings is 1. The van der Waals surface area contributed by atoms with E-state index in [1.165, 1.54) is 5.56 Å². The molecule has 1 aromatic rings. The topological polar surface area (TPSA) is 0 Å². The molecular weight excluding hydrogens is 252 g/mol. The van der Waals surface area contributed by atoms with Gasteiger partial charge in [0.2, 0.25) is 0 Å². The maximum Gasteiger partial charge on any atom is 0.0290 e. The lowest BCUT2D eigenvalue weighted by atomic mass is 9.82. The zero-order valence-electron chi connectivity index (χ0n) is 12.8. The van der Waals surface area contributed by atoms with Crippen molar-refractivity contribution in [3.8, 4) is 0 Å². The molecule has 0 atom stereocenters. The Bertz CT molecular complexity index is 511. The molecule has 0 heterocycles. The molecule has 21 heavy (non-hydrogen) atoms. The molecule has 0 N–H and O–H groups in total. The van der Waals surface area contributed by atoms with Crippen LogP contribution in [-0.4, -0.2) is 0 Å². The molecule has 0 aliphatic heterocycles. The maximum absolute atomic E-state index is 3.85. The molecule has 0 heteroatoms. The van der Waals surface area contributed by atoms with Gasteiger partial charge in [-0.1, -0.05) is 101 Å². The highest BCUT2D eigenvalue weighted by atomic mass is 14.2. The van der Waals surface area contributed by atoms with Gasteiger partial charge in [0.15, 0.2) is 0 Å². The first-order valence-electron chi connectivity index (χ1n) is 7.13. The Labute approximate surface area is 130 Å². The molecule has 0 aromatic heterocycles. The molecular formula is C21H28. The van der Waals surface area contributed by atoms with Gasteiger partial charge in [-0.25, -0.2) is 0 Å². The van der Waals surface area contributed by atoms with Gasteiger partial charge >= 0.3 is 0 Å². The number of hydrogen-bond acceptors (Lipinski definition) is 0. The monoisotopic (exact) mass is 280 g/mol. The standard InChI is InChI=1S/C18H18.C2H6.CH4/c1-4-15-11-13-18(3,14-12-16(15)5-2)17-9-7-6-8-10-17;1-2;/h4-14H,1-2H2,3H3;1-2H3;1H4. The summed E-state index contributed by atoms with van der Waals surface area (Å²) in [5.74, 6) is 0. The van der Waals surface area contributed by atoms with E-state index in [9.17, 15) is 0 Å². The van der Waals surface area contributed by atoms with Crippen molar-refractivity contribution in [1.29, 1.82) is 0 Å². The number of rotatable bonds is 3. The lowest BCUT2D eigenvalue weighted by Crippen LogP contribution is -2.14. The van der Waals surface area contributed by atoms with Crippen LogP contribution in [0.5, 0.6) is 0 Å². The van der Waals surface area contributed by atoms with Crippen molar-refractivity contribution in [2.24, 2.45) is 0 Å². The normalized spacial score (nSPS) is 15.2. The molecule has 0 nitrogen and oxygen atoms in total. The van der Waals surface area contributed by atoms with Gasteiger partial charge < -0.3 is 0 Å². The van der Waals surface area contributed by atoms with Crippen LogP contribution in [0.2, 0.25) is 0 Å². The van der Waals surface area contributed by atoms with Crippen LogP contribution in [0.1, 0.15) is 33.8 Å². The van der Waals surface area contributed by atoms with Crippen molar-refractivity contribution < 1.29 is 0 Å². The van der Waals surface area contributed by atoms with Crippen molar-refractivity contribution in [1.82, 2.24) is 0 Å². The van der Waals surface area contributed by atoms with Gasteiger partial charge in [0, 0.05) is 5.41 Å². The molecule has 0 amide bonds. The summed E-state index contributed by atoms with van der Waals surface area (Å²) in [6.45, 7) is 13.9. The summed E-state index contributed by atoms with van der Waals surface area (Å²) in [4.78, 5) is 0. The molecule has 0 saturated heterocycles. The summed E-state index contributed by atoms with van der Waals surface area (Å²) in [7, 11) is 0. The predicted octanol–water partition coefficient (Wildman–Crippen LogP) is 6.40. The van der Waals surface area contributed by atoms with Gasteiger partial charge in [-0.15, -0.1) is 0 Å². The molecule has 2 rings (SSSR count). The van der Waals surface area contributed by atoms with E-state index >= 15 is 0 Å². The molecule has 0 bridgehead atoms. The third-order valence-electron chi connectivity index (χ3n) is 3.39. The molecule has 0 fully saturated rings. The molecule has 0 saturated carbocycles. The second kappa shape index (κ2) is 8.97. The Balaban J connectivity index is 0.00000128. The average molecular weight is 280 g/mol. The highest BCUT2D eigenvalue weighted by Gasteiger charge is 2.21. The fourth-order valence-corrected chi connectivity index (χ4v) is 2.14. The first kappa shape index (κ1) is 18.9. The summed E-state index contributed by atoms with van der Waals surface area (Å²) in [5, 5.41) is 0. The van der Waals surface area contributed by atoms with Crippen LogP contribution >= 0.6 is 0 Å². The van der Waals surface area contributed by atoms with Gasteiger partial charge in [-0.05, 0) is 23.6 Å². The third kappa shape index (κ3) is 4.46. The smallest absolute Gasteiger partial charge is 0.0290 e. The predicted molar refractivity (Wildman–Crippen MR) is 97.6 cm³/mol. The molecule has 0 radical (unpaired) electrons. The minimum atomic E-state index is -0.0831. The number of allylic oxidation sites excluding steroid dienone is 8. The van der Waals surface area contributed by atoms with E-state index in [0.29, 0.717) is 0 Å². The summed E-state index contributed by atoms with van der Waals surface area (Å²) in [6, 6.07) is 10.5. The van der Waals surface area contributed by atoms with E-state index in [4.69, 9.17) is 0 Å². The van der Waals surface area contributed by atoms with Crippen molar-refractivity contribution in [3.05, 3.63) is 96.7 Å². The van der Waals surface area contributed by atoms with Crippen molar-refractivity contribution in [2.75, 3.05) is 0 Å². The van der Waals surface area contributed by atoms with Gasteiger partial charge in [0.1, 0.15) is 0 Å². The first-order valence-corrected chi connectivity index (χ1v) is 7.13. The average Bonchev–Trinajstić information content (AvgIpc) is 2.70. The molecule has 112 valence electrons. The zero-order chi connectivity index (χ0) is 15.0. The van der Waals surface area contributed by atoms with E-state index in [0.717, 1.165) is 11.1 Å². The SMILES string of the molecule is C.C=CC1=C(C=C)C=CC(C)(c2ccccc2)C=C1.CC. The van der Waals surface area contributed by atoms with Gasteiger partial charge in [-0.2, -0.15) is 0 Å². The second-order valence-electron chi connectivity index (χ2n) is 4.63. The second-order valence-corrected chi connectivity index (χ2v) is 4.63. The van der Waals surface area contributed by atoms with Crippen LogP contribution in [0, 0.1) is 0 Å². The summed E-state index contributed by atoms with van der Waals surface area (Å²) in [6.07, 6.45) is 12.4. The highest BCUT2D eigenvalue weighted by molar-refractivity contribution is 5.51. The van der Waals surface area contributed by atoms with Gasteiger partial charge in [-0.3, -0.25) is 0 Å². The maximum atomic E-state index is 3.85. The van der Waals surface area contributed by atoms with Crippen LogP contribution in [0.25, 0.3) is 0 Å². The zero-order valence-corrected chi connectivity index (χ0v) is 12.8. The molecule has 1 aliphatic carbocycles. The summed E-state index contributed by atoms with van der Waals surface area (Å²) < 4.78 is 0. The van der Waals surface area contributed by atoms with Crippen molar-refractivity contribution in [2.45, 2.75) is 33.6 Å². The lowest BCUT2D eigenvalue weighted by Gasteiger charge is -2.22. The number of hydrogen-bond donors (Lipinski definition) is 0. The fraction of sp³-hybridized carbons (Fsp3) is 0.238. The van der Waals surface area contributed by atoms with Crippen LogP contribution in [-0.2, 0) is 5.41 Å².